The van der Waals surface area contributed by atoms with Crippen LogP contribution in [0.3, 0.4) is 0 Å². The molecular formula is C12H22N4O2. The molecule has 0 radical (unpaired) electrons. The second-order valence-electron chi connectivity index (χ2n) is 5.12. The highest BCUT2D eigenvalue weighted by Crippen LogP contribution is 2.17. The molecule has 0 amide bonds. The van der Waals surface area contributed by atoms with Crippen LogP contribution in [0.2, 0.25) is 0 Å². The molecule has 1 aromatic rings. The molecule has 1 saturated heterocycles. The van der Waals surface area contributed by atoms with E-state index in [1.807, 2.05) is 0 Å². The van der Waals surface area contributed by atoms with Crippen molar-refractivity contribution in [3.05, 3.63) is 5.89 Å². The second-order valence-corrected chi connectivity index (χ2v) is 5.12. The molecule has 1 unspecified atom stereocenters. The first-order chi connectivity index (χ1) is 8.66. The summed E-state index contributed by atoms with van der Waals surface area (Å²) in [7, 11) is 0. The molecule has 1 fully saturated rings. The number of nitrogens with zero attached hydrogens (tertiary/aromatic N) is 3. The maximum Gasteiger partial charge on any atom is 0.318 e. The van der Waals surface area contributed by atoms with Crippen molar-refractivity contribution in [2.45, 2.75) is 33.4 Å². The molecule has 1 N–H and O–H groups in total. The van der Waals surface area contributed by atoms with Crippen LogP contribution in [-0.2, 0) is 11.3 Å². The molecule has 1 atom stereocenters. The van der Waals surface area contributed by atoms with Crippen molar-refractivity contribution in [1.29, 1.82) is 0 Å². The van der Waals surface area contributed by atoms with Crippen molar-refractivity contribution >= 4 is 6.01 Å². The maximum absolute atomic E-state index is 5.66. The van der Waals surface area contributed by atoms with Crippen LogP contribution in [0.5, 0.6) is 0 Å². The first-order valence-electron chi connectivity index (χ1n) is 6.54. The zero-order valence-corrected chi connectivity index (χ0v) is 11.3. The van der Waals surface area contributed by atoms with Gasteiger partial charge in [-0.05, 0) is 19.4 Å². The van der Waals surface area contributed by atoms with E-state index in [1.165, 1.54) is 0 Å². The third kappa shape index (κ3) is 3.43. The number of anilines is 1. The normalized spacial score (nSPS) is 20.7. The van der Waals surface area contributed by atoms with Crippen molar-refractivity contribution in [2.75, 3.05) is 31.2 Å². The smallest absolute Gasteiger partial charge is 0.318 e. The molecule has 0 saturated carbocycles. The molecule has 0 bridgehead atoms. The predicted molar refractivity (Wildman–Crippen MR) is 68.5 cm³/mol. The standard InChI is InChI=1S/C12H22N4O2/c1-9(2)6-13-7-11-14-15-12(18-11)16-4-5-17-8-10(16)3/h9-10,13H,4-8H2,1-3H3. The lowest BCUT2D eigenvalue weighted by molar-refractivity contribution is 0.0959. The Kier molecular flexibility index (Phi) is 4.54. The fraction of sp³-hybridized carbons (Fsp3) is 0.833. The fourth-order valence-corrected chi connectivity index (χ4v) is 1.91. The van der Waals surface area contributed by atoms with Crippen molar-refractivity contribution in [2.24, 2.45) is 5.92 Å². The monoisotopic (exact) mass is 254 g/mol. The summed E-state index contributed by atoms with van der Waals surface area (Å²) in [5, 5.41) is 11.5. The first kappa shape index (κ1) is 13.3. The lowest BCUT2D eigenvalue weighted by atomic mass is 10.2. The van der Waals surface area contributed by atoms with Gasteiger partial charge in [0.15, 0.2) is 0 Å². The molecule has 1 aliphatic rings. The Hall–Kier alpha value is -1.14. The van der Waals surface area contributed by atoms with Gasteiger partial charge in [-0.15, -0.1) is 5.10 Å². The largest absolute Gasteiger partial charge is 0.407 e. The van der Waals surface area contributed by atoms with Crippen LogP contribution in [0.1, 0.15) is 26.7 Å². The molecule has 6 heteroatoms. The Morgan fingerprint density at radius 3 is 3.00 bits per heavy atom. The number of hydrogen-bond donors (Lipinski definition) is 1. The Balaban J connectivity index is 1.88. The maximum atomic E-state index is 5.66. The molecule has 2 heterocycles. The predicted octanol–water partition coefficient (Wildman–Crippen LogP) is 1.04. The molecule has 102 valence electrons. The number of aromatic nitrogens is 2. The van der Waals surface area contributed by atoms with Crippen LogP contribution in [0.15, 0.2) is 4.42 Å². The molecule has 0 spiro atoms. The summed E-state index contributed by atoms with van der Waals surface area (Å²) >= 11 is 0. The summed E-state index contributed by atoms with van der Waals surface area (Å²) < 4.78 is 11.0. The fourth-order valence-electron chi connectivity index (χ4n) is 1.91. The average Bonchev–Trinajstić information content (AvgIpc) is 2.78. The highest BCUT2D eigenvalue weighted by atomic mass is 16.5. The van der Waals surface area contributed by atoms with Crippen molar-refractivity contribution in [3.8, 4) is 0 Å². The molecule has 2 rings (SSSR count). The first-order valence-corrected chi connectivity index (χ1v) is 6.54. The van der Waals surface area contributed by atoms with E-state index in [0.717, 1.165) is 13.1 Å². The molecule has 6 nitrogen and oxygen atoms in total. The summed E-state index contributed by atoms with van der Waals surface area (Å²) in [6.45, 7) is 10.2. The van der Waals surface area contributed by atoms with E-state index in [-0.39, 0.29) is 6.04 Å². The average molecular weight is 254 g/mol. The quantitative estimate of drug-likeness (QED) is 0.847. The van der Waals surface area contributed by atoms with Crippen LogP contribution in [0.25, 0.3) is 0 Å². The van der Waals surface area contributed by atoms with Crippen molar-refractivity contribution in [1.82, 2.24) is 15.5 Å². The number of hydrogen-bond acceptors (Lipinski definition) is 6. The van der Waals surface area contributed by atoms with E-state index >= 15 is 0 Å². The van der Waals surface area contributed by atoms with Crippen LogP contribution < -0.4 is 10.2 Å². The highest BCUT2D eigenvalue weighted by molar-refractivity contribution is 5.26. The highest BCUT2D eigenvalue weighted by Gasteiger charge is 2.23. The SMILES string of the molecule is CC(C)CNCc1nnc(N2CCOCC2C)o1. The Bertz CT molecular complexity index is 367. The molecule has 0 aliphatic carbocycles. The van der Waals surface area contributed by atoms with Crippen LogP contribution in [-0.4, -0.2) is 42.5 Å². The minimum atomic E-state index is 0.288. The van der Waals surface area contributed by atoms with E-state index in [0.29, 0.717) is 37.6 Å². The summed E-state index contributed by atoms with van der Waals surface area (Å²) in [6.07, 6.45) is 0. The lowest BCUT2D eigenvalue weighted by Gasteiger charge is -2.31. The molecule has 18 heavy (non-hydrogen) atoms. The van der Waals surface area contributed by atoms with E-state index in [2.05, 4.69) is 41.2 Å². The third-order valence-electron chi connectivity index (χ3n) is 2.90. The van der Waals surface area contributed by atoms with Gasteiger partial charge in [0, 0.05) is 6.54 Å². The van der Waals surface area contributed by atoms with Crippen LogP contribution in [0.4, 0.5) is 6.01 Å². The second kappa shape index (κ2) is 6.15. The Morgan fingerprint density at radius 2 is 2.28 bits per heavy atom. The van der Waals surface area contributed by atoms with Gasteiger partial charge in [0.25, 0.3) is 0 Å². The van der Waals surface area contributed by atoms with E-state index in [4.69, 9.17) is 9.15 Å². The minimum absolute atomic E-state index is 0.288. The Labute approximate surface area is 108 Å². The van der Waals surface area contributed by atoms with E-state index < -0.39 is 0 Å². The van der Waals surface area contributed by atoms with Gasteiger partial charge in [-0.3, -0.25) is 0 Å². The van der Waals surface area contributed by atoms with Crippen LogP contribution >= 0.6 is 0 Å². The number of rotatable bonds is 5. The summed E-state index contributed by atoms with van der Waals surface area (Å²) in [5.74, 6) is 1.26. The summed E-state index contributed by atoms with van der Waals surface area (Å²) in [4.78, 5) is 2.10. The van der Waals surface area contributed by atoms with Gasteiger partial charge < -0.3 is 19.4 Å². The van der Waals surface area contributed by atoms with Gasteiger partial charge in [-0.2, -0.15) is 0 Å². The van der Waals surface area contributed by atoms with E-state index in [1.54, 1.807) is 0 Å². The van der Waals surface area contributed by atoms with Crippen LogP contribution in [0, 0.1) is 5.92 Å². The van der Waals surface area contributed by atoms with Gasteiger partial charge in [0.1, 0.15) is 0 Å². The van der Waals surface area contributed by atoms with Gasteiger partial charge in [-0.1, -0.05) is 18.9 Å². The molecule has 0 aromatic carbocycles. The van der Waals surface area contributed by atoms with Gasteiger partial charge in [0.2, 0.25) is 5.89 Å². The Morgan fingerprint density at radius 1 is 1.44 bits per heavy atom. The van der Waals surface area contributed by atoms with Crippen molar-refractivity contribution < 1.29 is 9.15 Å². The van der Waals surface area contributed by atoms with Gasteiger partial charge in [-0.25, -0.2) is 0 Å². The summed E-state index contributed by atoms with van der Waals surface area (Å²) in [6, 6.07) is 0.892. The molecule has 1 aliphatic heterocycles. The van der Waals surface area contributed by atoms with E-state index in [9.17, 15) is 0 Å². The molecular weight excluding hydrogens is 232 g/mol. The van der Waals surface area contributed by atoms with Gasteiger partial charge >= 0.3 is 6.01 Å². The third-order valence-corrected chi connectivity index (χ3v) is 2.90. The number of nitrogens with one attached hydrogen (secondary N) is 1. The zero-order chi connectivity index (χ0) is 13.0. The zero-order valence-electron chi connectivity index (χ0n) is 11.3. The summed E-state index contributed by atoms with van der Waals surface area (Å²) in [5.41, 5.74) is 0. The minimum Gasteiger partial charge on any atom is -0.407 e. The molecule has 1 aromatic heterocycles. The number of morpholine rings is 1. The topological polar surface area (TPSA) is 63.4 Å². The van der Waals surface area contributed by atoms with Gasteiger partial charge in [0.05, 0.1) is 25.8 Å². The lowest BCUT2D eigenvalue weighted by Crippen LogP contribution is -2.43. The number of ether oxygens (including phenoxy) is 1. The van der Waals surface area contributed by atoms with Crippen molar-refractivity contribution in [3.63, 3.8) is 0 Å².